The lowest BCUT2D eigenvalue weighted by Gasteiger charge is -2.32. The van der Waals surface area contributed by atoms with Crippen LogP contribution in [0.5, 0.6) is 0 Å². The summed E-state index contributed by atoms with van der Waals surface area (Å²) in [5.41, 5.74) is 6.23. The van der Waals surface area contributed by atoms with Gasteiger partial charge in [-0.05, 0) is 80.0 Å². The number of rotatable bonds is 10. The number of carbonyl (C=O) groups excluding carboxylic acids is 2. The Kier molecular flexibility index (Phi) is 7.99. The predicted molar refractivity (Wildman–Crippen MR) is 138 cm³/mol. The molecule has 0 aromatic heterocycles. The molecule has 2 heterocycles. The largest absolute Gasteiger partial charge is 0.334 e. The summed E-state index contributed by atoms with van der Waals surface area (Å²) in [5.74, 6) is 1.23. The van der Waals surface area contributed by atoms with Crippen LogP contribution in [0.25, 0.3) is 0 Å². The van der Waals surface area contributed by atoms with Crippen molar-refractivity contribution < 1.29 is 14.8 Å². The second kappa shape index (κ2) is 11.5. The van der Waals surface area contributed by atoms with Crippen molar-refractivity contribution >= 4 is 11.8 Å². The molecule has 2 unspecified atom stereocenters. The molecule has 2 aromatic carbocycles. The van der Waals surface area contributed by atoms with Gasteiger partial charge in [-0.3, -0.25) is 14.8 Å². The van der Waals surface area contributed by atoms with Crippen LogP contribution in [0, 0.1) is 5.92 Å². The molecule has 2 aromatic rings. The van der Waals surface area contributed by atoms with Gasteiger partial charge in [0.25, 0.3) is 0 Å². The van der Waals surface area contributed by atoms with E-state index in [1.807, 2.05) is 23.1 Å². The normalized spacial score (nSPS) is 21.9. The van der Waals surface area contributed by atoms with Gasteiger partial charge < -0.3 is 15.1 Å². The molecule has 2 fully saturated rings. The van der Waals surface area contributed by atoms with Gasteiger partial charge in [0.15, 0.2) is 0 Å². The van der Waals surface area contributed by atoms with Gasteiger partial charge in [-0.1, -0.05) is 48.5 Å². The predicted octanol–water partition coefficient (Wildman–Crippen LogP) is 3.21. The molecule has 192 valence electrons. The first-order valence-electron chi connectivity index (χ1n) is 13.4. The zero-order valence-corrected chi connectivity index (χ0v) is 21.0. The molecular formula is C29H38N4O3. The monoisotopic (exact) mass is 490 g/mol. The number of amides is 2. The lowest BCUT2D eigenvalue weighted by molar-refractivity contribution is -0.132. The molecule has 2 amide bonds. The van der Waals surface area contributed by atoms with Gasteiger partial charge in [0.1, 0.15) is 0 Å². The quantitative estimate of drug-likeness (QED) is 0.352. The topological polar surface area (TPSA) is 84.9 Å². The number of likely N-dealkylation sites (tertiary alicyclic amines) is 1. The summed E-state index contributed by atoms with van der Waals surface area (Å²) in [4.78, 5) is 28.6. The molecule has 3 aliphatic rings. The first-order valence-corrected chi connectivity index (χ1v) is 13.4. The average molecular weight is 491 g/mol. The molecule has 1 saturated carbocycles. The molecule has 3 N–H and O–H groups in total. The molecule has 0 spiro atoms. The summed E-state index contributed by atoms with van der Waals surface area (Å²) < 4.78 is 0. The van der Waals surface area contributed by atoms with E-state index < -0.39 is 5.91 Å². The molecule has 0 radical (unpaired) electrons. The van der Waals surface area contributed by atoms with Crippen molar-refractivity contribution in [1.29, 1.82) is 0 Å². The number of hydrogen-bond acceptors (Lipinski definition) is 5. The smallest absolute Gasteiger partial charge is 0.247 e. The fourth-order valence-corrected chi connectivity index (χ4v) is 5.79. The van der Waals surface area contributed by atoms with E-state index in [0.717, 1.165) is 55.2 Å². The maximum absolute atomic E-state index is 12.8. The first kappa shape index (κ1) is 24.9. The maximum atomic E-state index is 12.8. The SMILES string of the molecule is O=C(Cc1ccc2c(c1)CN(C(=O)CCCN1CCC(CNC3CC3c3ccccc3)CC1)C2)NO. The molecule has 5 rings (SSSR count). The van der Waals surface area contributed by atoms with Crippen LogP contribution in [0.2, 0.25) is 0 Å². The minimum atomic E-state index is -0.430. The van der Waals surface area contributed by atoms with Crippen LogP contribution in [0.1, 0.15) is 60.3 Å². The van der Waals surface area contributed by atoms with Crippen molar-refractivity contribution in [2.45, 2.75) is 63.6 Å². The molecule has 1 saturated heterocycles. The van der Waals surface area contributed by atoms with Crippen LogP contribution in [0.4, 0.5) is 0 Å². The number of benzene rings is 2. The van der Waals surface area contributed by atoms with Gasteiger partial charge in [0.2, 0.25) is 11.8 Å². The number of piperidine rings is 1. The van der Waals surface area contributed by atoms with Crippen molar-refractivity contribution in [3.8, 4) is 0 Å². The van der Waals surface area contributed by atoms with Gasteiger partial charge in [-0.15, -0.1) is 0 Å². The van der Waals surface area contributed by atoms with Crippen LogP contribution >= 0.6 is 0 Å². The summed E-state index contributed by atoms with van der Waals surface area (Å²) in [6.45, 7) is 5.63. The van der Waals surface area contributed by atoms with E-state index in [1.54, 1.807) is 5.48 Å². The second-order valence-corrected chi connectivity index (χ2v) is 10.7. The summed E-state index contributed by atoms with van der Waals surface area (Å²) in [7, 11) is 0. The van der Waals surface area contributed by atoms with E-state index in [1.165, 1.54) is 24.8 Å². The molecule has 0 bridgehead atoms. The molecule has 1 aliphatic carbocycles. The standard InChI is InChI=1S/C29H38N4O3/c34-28(31-36)16-22-8-9-24-19-33(20-25(24)15-22)29(35)7-4-12-32-13-10-21(11-14-32)18-30-27-17-26(27)23-5-2-1-3-6-23/h1-3,5-6,8-9,15,21,26-27,30,36H,4,7,10-14,16-20H2,(H,31,34). The Bertz CT molecular complexity index is 1050. The highest BCUT2D eigenvalue weighted by Crippen LogP contribution is 2.40. The van der Waals surface area contributed by atoms with Gasteiger partial charge in [0, 0.05) is 31.5 Å². The summed E-state index contributed by atoms with van der Waals surface area (Å²) in [5, 5.41) is 12.5. The van der Waals surface area contributed by atoms with Crippen LogP contribution in [0.15, 0.2) is 48.5 Å². The van der Waals surface area contributed by atoms with E-state index in [4.69, 9.17) is 5.21 Å². The van der Waals surface area contributed by atoms with E-state index in [9.17, 15) is 9.59 Å². The number of carbonyl (C=O) groups is 2. The highest BCUT2D eigenvalue weighted by atomic mass is 16.5. The Morgan fingerprint density at radius 3 is 2.56 bits per heavy atom. The number of hydroxylamine groups is 1. The van der Waals surface area contributed by atoms with Crippen molar-refractivity contribution in [2.75, 3.05) is 26.2 Å². The van der Waals surface area contributed by atoms with Crippen molar-refractivity contribution in [2.24, 2.45) is 5.92 Å². The lowest BCUT2D eigenvalue weighted by atomic mass is 9.96. The minimum Gasteiger partial charge on any atom is -0.334 e. The molecule has 2 aliphatic heterocycles. The Labute approximate surface area is 213 Å². The fourth-order valence-electron chi connectivity index (χ4n) is 5.79. The van der Waals surface area contributed by atoms with Crippen molar-refractivity contribution in [3.05, 3.63) is 70.8 Å². The minimum absolute atomic E-state index is 0.138. The fraction of sp³-hybridized carbons (Fsp3) is 0.517. The molecule has 7 nitrogen and oxygen atoms in total. The van der Waals surface area contributed by atoms with Crippen molar-refractivity contribution in [1.82, 2.24) is 20.6 Å². The third kappa shape index (κ3) is 6.33. The number of nitrogens with zero attached hydrogens (tertiary/aromatic N) is 2. The van der Waals surface area contributed by atoms with Gasteiger partial charge >= 0.3 is 0 Å². The van der Waals surface area contributed by atoms with Gasteiger partial charge in [0.05, 0.1) is 6.42 Å². The van der Waals surface area contributed by atoms with Gasteiger partial charge in [-0.25, -0.2) is 5.48 Å². The molecule has 2 atom stereocenters. The number of nitrogens with one attached hydrogen (secondary N) is 2. The zero-order valence-electron chi connectivity index (χ0n) is 21.0. The van der Waals surface area contributed by atoms with E-state index in [2.05, 4.69) is 40.5 Å². The summed E-state index contributed by atoms with van der Waals surface area (Å²) in [6.07, 6.45) is 5.36. The van der Waals surface area contributed by atoms with Crippen LogP contribution in [-0.2, 0) is 29.1 Å². The van der Waals surface area contributed by atoms with E-state index in [-0.39, 0.29) is 12.3 Å². The lowest BCUT2D eigenvalue weighted by Crippen LogP contribution is -2.38. The third-order valence-electron chi connectivity index (χ3n) is 8.09. The Morgan fingerprint density at radius 1 is 1.00 bits per heavy atom. The van der Waals surface area contributed by atoms with Crippen LogP contribution < -0.4 is 10.8 Å². The highest BCUT2D eigenvalue weighted by molar-refractivity contribution is 5.78. The summed E-state index contributed by atoms with van der Waals surface area (Å²) in [6, 6.07) is 17.4. The second-order valence-electron chi connectivity index (χ2n) is 10.7. The molecule has 36 heavy (non-hydrogen) atoms. The number of hydrogen-bond donors (Lipinski definition) is 3. The molecule has 7 heteroatoms. The molecular weight excluding hydrogens is 452 g/mol. The van der Waals surface area contributed by atoms with E-state index in [0.29, 0.717) is 31.5 Å². The zero-order chi connectivity index (χ0) is 24.9. The van der Waals surface area contributed by atoms with E-state index >= 15 is 0 Å². The highest BCUT2D eigenvalue weighted by Gasteiger charge is 2.38. The first-order chi connectivity index (χ1) is 17.6. The maximum Gasteiger partial charge on any atom is 0.247 e. The third-order valence-corrected chi connectivity index (χ3v) is 8.09. The summed E-state index contributed by atoms with van der Waals surface area (Å²) >= 11 is 0. The Hall–Kier alpha value is -2.74. The Morgan fingerprint density at radius 2 is 1.78 bits per heavy atom. The van der Waals surface area contributed by atoms with Crippen molar-refractivity contribution in [3.63, 3.8) is 0 Å². The van der Waals surface area contributed by atoms with Crippen LogP contribution in [-0.4, -0.2) is 59.0 Å². The number of fused-ring (bicyclic) bond motifs is 1. The average Bonchev–Trinajstić information content (AvgIpc) is 3.57. The van der Waals surface area contributed by atoms with Gasteiger partial charge in [-0.2, -0.15) is 0 Å². The van der Waals surface area contributed by atoms with Crippen LogP contribution in [0.3, 0.4) is 0 Å². The Balaban J connectivity index is 0.961.